The fraction of sp³-hybridized carbons (Fsp3) is 0.846. The van der Waals surface area contributed by atoms with E-state index in [2.05, 4.69) is 0 Å². The van der Waals surface area contributed by atoms with Crippen LogP contribution in [0.2, 0.25) is 0 Å². The van der Waals surface area contributed by atoms with E-state index in [1.165, 1.54) is 43.4 Å². The third-order valence-corrected chi connectivity index (χ3v) is 3.70. The molecule has 1 aliphatic rings. The Bertz CT molecular complexity index is 234. The number of nitrogens with zero attached hydrogens (tertiary/aromatic N) is 1. The Balaban J connectivity index is 2.25. The smallest absolute Gasteiger partial charge is 0.230 e. The van der Waals surface area contributed by atoms with Gasteiger partial charge in [0.15, 0.2) is 0 Å². The van der Waals surface area contributed by atoms with Crippen molar-refractivity contribution in [3.63, 3.8) is 0 Å². The first-order chi connectivity index (χ1) is 7.65. The Morgan fingerprint density at radius 1 is 1.44 bits per heavy atom. The van der Waals surface area contributed by atoms with E-state index in [0.717, 1.165) is 18.7 Å². The van der Waals surface area contributed by atoms with Crippen molar-refractivity contribution in [1.82, 2.24) is 4.90 Å². The van der Waals surface area contributed by atoms with E-state index in [1.54, 1.807) is 7.05 Å². The largest absolute Gasteiger partial charge is 0.306 e. The summed E-state index contributed by atoms with van der Waals surface area (Å²) in [6, 6.07) is 0. The van der Waals surface area contributed by atoms with Crippen LogP contribution in [-0.2, 0) is 4.79 Å². The number of carbonyl (C=O) groups excluding carboxylic acids is 1. The zero-order chi connectivity index (χ0) is 12.0. The summed E-state index contributed by atoms with van der Waals surface area (Å²) in [4.78, 5) is 13.1. The molecule has 92 valence electrons. The molecule has 0 aromatic rings. The summed E-state index contributed by atoms with van der Waals surface area (Å²) in [5, 5.41) is 7.04. The van der Waals surface area contributed by atoms with E-state index < -0.39 is 0 Å². The zero-order valence-corrected chi connectivity index (χ0v) is 10.5. The second-order valence-corrected chi connectivity index (χ2v) is 5.06. The second-order valence-electron chi connectivity index (χ2n) is 5.06. The molecule has 0 heterocycles. The lowest BCUT2D eigenvalue weighted by Gasteiger charge is -2.23. The van der Waals surface area contributed by atoms with Gasteiger partial charge < -0.3 is 4.90 Å². The highest BCUT2D eigenvalue weighted by Crippen LogP contribution is 2.28. The number of amides is 1. The van der Waals surface area contributed by atoms with Crippen LogP contribution in [0.15, 0.2) is 0 Å². The minimum atomic E-state index is 0.0635. The van der Waals surface area contributed by atoms with Gasteiger partial charge in [-0.2, -0.15) is 0 Å². The summed E-state index contributed by atoms with van der Waals surface area (Å²) in [6.45, 7) is 1.98. The van der Waals surface area contributed by atoms with Gasteiger partial charge in [-0.25, -0.2) is 0 Å². The van der Waals surface area contributed by atoms with Crippen LogP contribution >= 0.6 is 0 Å². The molecule has 0 saturated heterocycles. The molecule has 1 rings (SSSR count). The summed E-state index contributed by atoms with van der Waals surface area (Å²) < 4.78 is 0. The van der Waals surface area contributed by atoms with Crippen molar-refractivity contribution in [2.45, 2.75) is 51.9 Å². The molecule has 0 aromatic heterocycles. The van der Waals surface area contributed by atoms with Gasteiger partial charge in [0.05, 0.1) is 6.34 Å². The van der Waals surface area contributed by atoms with Crippen molar-refractivity contribution in [2.24, 2.45) is 11.8 Å². The lowest BCUT2D eigenvalue weighted by atomic mass is 9.84. The molecule has 16 heavy (non-hydrogen) atoms. The summed E-state index contributed by atoms with van der Waals surface area (Å²) in [5.74, 6) is 0.980. The van der Waals surface area contributed by atoms with Crippen molar-refractivity contribution >= 4 is 12.2 Å². The van der Waals surface area contributed by atoms with Gasteiger partial charge in [0.1, 0.15) is 0 Å². The zero-order valence-electron chi connectivity index (χ0n) is 10.5. The maximum absolute atomic E-state index is 11.7. The number of hydrogen-bond acceptors (Lipinski definition) is 2. The van der Waals surface area contributed by atoms with Gasteiger partial charge >= 0.3 is 0 Å². The first-order valence-corrected chi connectivity index (χ1v) is 6.42. The van der Waals surface area contributed by atoms with Crippen molar-refractivity contribution in [1.29, 1.82) is 5.41 Å². The van der Waals surface area contributed by atoms with Crippen molar-refractivity contribution in [3.8, 4) is 0 Å². The minimum absolute atomic E-state index is 0.0635. The Morgan fingerprint density at radius 3 is 2.62 bits per heavy atom. The van der Waals surface area contributed by atoms with E-state index >= 15 is 0 Å². The van der Waals surface area contributed by atoms with Gasteiger partial charge in [0.2, 0.25) is 5.91 Å². The number of rotatable bonds is 5. The molecular weight excluding hydrogens is 200 g/mol. The average Bonchev–Trinajstić information content (AvgIpc) is 2.35. The van der Waals surface area contributed by atoms with Crippen LogP contribution in [0.4, 0.5) is 0 Å². The monoisotopic (exact) mass is 224 g/mol. The molecule has 1 fully saturated rings. The van der Waals surface area contributed by atoms with Gasteiger partial charge in [-0.3, -0.25) is 10.2 Å². The van der Waals surface area contributed by atoms with Gasteiger partial charge in [-0.1, -0.05) is 39.0 Å². The van der Waals surface area contributed by atoms with E-state index in [4.69, 9.17) is 5.41 Å². The predicted molar refractivity (Wildman–Crippen MR) is 66.5 cm³/mol. The van der Waals surface area contributed by atoms with E-state index in [-0.39, 0.29) is 11.8 Å². The molecule has 0 radical (unpaired) electrons. The Labute approximate surface area is 98.7 Å². The number of carbonyl (C=O) groups is 1. The third kappa shape index (κ3) is 3.95. The molecule has 0 bridgehead atoms. The predicted octanol–water partition coefficient (Wildman–Crippen LogP) is 3.05. The molecule has 0 spiro atoms. The molecule has 0 unspecified atom stereocenters. The van der Waals surface area contributed by atoms with E-state index in [9.17, 15) is 4.79 Å². The maximum atomic E-state index is 11.7. The first-order valence-electron chi connectivity index (χ1n) is 6.42. The van der Waals surface area contributed by atoms with Gasteiger partial charge in [0.25, 0.3) is 0 Å². The summed E-state index contributed by atoms with van der Waals surface area (Å²) in [7, 11) is 1.66. The fourth-order valence-corrected chi connectivity index (χ4v) is 2.50. The average molecular weight is 224 g/mol. The van der Waals surface area contributed by atoms with Crippen LogP contribution in [-0.4, -0.2) is 24.2 Å². The first kappa shape index (κ1) is 13.2. The third-order valence-electron chi connectivity index (χ3n) is 3.70. The maximum Gasteiger partial charge on any atom is 0.230 e. The highest BCUT2D eigenvalue weighted by atomic mass is 16.2. The fourth-order valence-electron chi connectivity index (χ4n) is 2.50. The quantitative estimate of drug-likeness (QED) is 0.566. The normalized spacial score (nSPS) is 19.1. The summed E-state index contributed by atoms with van der Waals surface area (Å²) in [6.07, 6.45) is 10.1. The summed E-state index contributed by atoms with van der Waals surface area (Å²) >= 11 is 0. The van der Waals surface area contributed by atoms with Gasteiger partial charge in [-0.15, -0.1) is 0 Å². The molecular formula is C13H24N2O. The van der Waals surface area contributed by atoms with Crippen LogP contribution in [0.5, 0.6) is 0 Å². The van der Waals surface area contributed by atoms with Gasteiger partial charge in [0, 0.05) is 13.0 Å². The Morgan fingerprint density at radius 2 is 2.06 bits per heavy atom. The van der Waals surface area contributed by atoms with E-state index in [0.29, 0.717) is 0 Å². The van der Waals surface area contributed by atoms with Crippen LogP contribution in [0.25, 0.3) is 0 Å². The van der Waals surface area contributed by atoms with Crippen LogP contribution in [0.1, 0.15) is 51.9 Å². The molecule has 1 atom stereocenters. The highest BCUT2D eigenvalue weighted by molar-refractivity contribution is 5.87. The lowest BCUT2D eigenvalue weighted by molar-refractivity contribution is -0.130. The van der Waals surface area contributed by atoms with Crippen LogP contribution in [0.3, 0.4) is 0 Å². The van der Waals surface area contributed by atoms with Crippen molar-refractivity contribution < 1.29 is 4.79 Å². The van der Waals surface area contributed by atoms with Gasteiger partial charge in [-0.05, 0) is 18.8 Å². The summed E-state index contributed by atoms with van der Waals surface area (Å²) in [5.41, 5.74) is 0. The lowest BCUT2D eigenvalue weighted by Crippen LogP contribution is -2.30. The molecule has 0 aliphatic heterocycles. The molecule has 1 N–H and O–H groups in total. The Kier molecular flexibility index (Phi) is 5.50. The molecule has 1 aliphatic carbocycles. The molecule has 1 saturated carbocycles. The number of hydrogen-bond donors (Lipinski definition) is 1. The van der Waals surface area contributed by atoms with Crippen molar-refractivity contribution in [2.75, 3.05) is 7.05 Å². The Hall–Kier alpha value is -0.860. The van der Waals surface area contributed by atoms with Crippen LogP contribution < -0.4 is 0 Å². The minimum Gasteiger partial charge on any atom is -0.306 e. The molecule has 3 heteroatoms. The van der Waals surface area contributed by atoms with Crippen LogP contribution in [0, 0.1) is 17.2 Å². The molecule has 0 aromatic carbocycles. The van der Waals surface area contributed by atoms with E-state index in [1.807, 2.05) is 6.92 Å². The second kappa shape index (κ2) is 6.66. The standard InChI is InChI=1S/C13H24N2O/c1-11(13(16)15(2)10-14)8-9-12-6-4-3-5-7-12/h10-12,14H,3-9H2,1-2H3/t11-/m0/s1. The topological polar surface area (TPSA) is 44.2 Å². The SMILES string of the molecule is C[C@@H](CCC1CCCCC1)C(=O)N(C)C=N. The molecule has 1 amide bonds. The number of nitrogens with one attached hydrogen (secondary N) is 1. The van der Waals surface area contributed by atoms with Crippen molar-refractivity contribution in [3.05, 3.63) is 0 Å². The highest BCUT2D eigenvalue weighted by Gasteiger charge is 2.19. The molecule has 3 nitrogen and oxygen atoms in total.